The van der Waals surface area contributed by atoms with Crippen molar-refractivity contribution < 1.29 is 17.9 Å². The van der Waals surface area contributed by atoms with Gasteiger partial charge in [0.1, 0.15) is 4.90 Å². The molecular formula is C13H18ClNO4S. The third-order valence-electron chi connectivity index (χ3n) is 2.85. The lowest BCUT2D eigenvalue weighted by Crippen LogP contribution is -2.33. The minimum absolute atomic E-state index is 0.00699. The van der Waals surface area contributed by atoms with E-state index in [1.54, 1.807) is 19.1 Å². The van der Waals surface area contributed by atoms with E-state index in [0.717, 1.165) is 5.56 Å². The molecule has 0 heterocycles. The van der Waals surface area contributed by atoms with Crippen LogP contribution in [0.3, 0.4) is 0 Å². The van der Waals surface area contributed by atoms with E-state index in [0.29, 0.717) is 0 Å². The van der Waals surface area contributed by atoms with E-state index in [-0.39, 0.29) is 29.4 Å². The van der Waals surface area contributed by atoms with Gasteiger partial charge in [0.2, 0.25) is 10.0 Å². The van der Waals surface area contributed by atoms with Crippen molar-refractivity contribution in [1.82, 2.24) is 4.31 Å². The Balaban J connectivity index is 3.02. The summed E-state index contributed by atoms with van der Waals surface area (Å²) in [5, 5.41) is 0.182. The Bertz CT molecular complexity index is 586. The van der Waals surface area contributed by atoms with Crippen LogP contribution in [0.25, 0.3) is 0 Å². The van der Waals surface area contributed by atoms with Gasteiger partial charge < -0.3 is 4.74 Å². The monoisotopic (exact) mass is 319 g/mol. The Morgan fingerprint density at radius 3 is 2.55 bits per heavy atom. The minimum atomic E-state index is -3.71. The van der Waals surface area contributed by atoms with Gasteiger partial charge in [0, 0.05) is 13.1 Å². The number of aryl methyl sites for hydroxylation is 1. The van der Waals surface area contributed by atoms with Gasteiger partial charge in [-0.3, -0.25) is 4.79 Å². The van der Waals surface area contributed by atoms with Crippen molar-refractivity contribution in [1.29, 1.82) is 0 Å². The van der Waals surface area contributed by atoms with Gasteiger partial charge in [-0.2, -0.15) is 4.31 Å². The number of nitrogens with zero attached hydrogens (tertiary/aromatic N) is 1. The Labute approximate surface area is 124 Å². The number of rotatable bonds is 6. The zero-order valence-electron chi connectivity index (χ0n) is 11.7. The summed E-state index contributed by atoms with van der Waals surface area (Å²) in [6, 6.07) is 4.77. The zero-order valence-corrected chi connectivity index (χ0v) is 13.3. The fourth-order valence-electron chi connectivity index (χ4n) is 1.72. The molecule has 0 aromatic heterocycles. The highest BCUT2D eigenvalue weighted by atomic mass is 35.5. The average molecular weight is 320 g/mol. The van der Waals surface area contributed by atoms with E-state index >= 15 is 0 Å². The van der Waals surface area contributed by atoms with Crippen LogP contribution in [0.15, 0.2) is 23.1 Å². The van der Waals surface area contributed by atoms with Crippen LogP contribution in [0.5, 0.6) is 0 Å². The number of methoxy groups -OCH3 is 1. The van der Waals surface area contributed by atoms with Gasteiger partial charge in [0.05, 0.1) is 18.6 Å². The Morgan fingerprint density at radius 1 is 1.40 bits per heavy atom. The summed E-state index contributed by atoms with van der Waals surface area (Å²) in [5.41, 5.74) is 0.881. The lowest BCUT2D eigenvalue weighted by Gasteiger charge is -2.20. The molecule has 0 bridgehead atoms. The summed E-state index contributed by atoms with van der Waals surface area (Å²) in [6.45, 7) is 3.85. The fraction of sp³-hybridized carbons (Fsp3) is 0.462. The van der Waals surface area contributed by atoms with Gasteiger partial charge in [-0.15, -0.1) is 0 Å². The molecule has 0 N–H and O–H groups in total. The summed E-state index contributed by atoms with van der Waals surface area (Å²) in [7, 11) is -2.44. The first-order chi connectivity index (χ1) is 9.32. The summed E-state index contributed by atoms with van der Waals surface area (Å²) in [4.78, 5) is 11.2. The second-order valence-corrected chi connectivity index (χ2v) is 6.57. The first kappa shape index (κ1) is 16.9. The van der Waals surface area contributed by atoms with E-state index in [9.17, 15) is 13.2 Å². The maximum Gasteiger partial charge on any atom is 0.306 e. The van der Waals surface area contributed by atoms with Crippen LogP contribution in [0.1, 0.15) is 18.9 Å². The van der Waals surface area contributed by atoms with E-state index in [4.69, 9.17) is 11.6 Å². The molecule has 0 saturated heterocycles. The highest BCUT2D eigenvalue weighted by Crippen LogP contribution is 2.25. The molecule has 1 aromatic carbocycles. The quantitative estimate of drug-likeness (QED) is 0.754. The summed E-state index contributed by atoms with van der Waals surface area (Å²) in [5.74, 6) is -0.450. The van der Waals surface area contributed by atoms with Crippen LogP contribution >= 0.6 is 11.6 Å². The standard InChI is InChI=1S/C13H18ClNO4S/c1-4-15(8-7-13(16)19-3)20(17,18)12-6-5-10(2)9-11(12)14/h5-6,9H,4,7-8H2,1-3H3. The highest BCUT2D eigenvalue weighted by Gasteiger charge is 2.25. The predicted molar refractivity (Wildman–Crippen MR) is 77.3 cm³/mol. The maximum atomic E-state index is 12.5. The molecule has 1 aromatic rings. The van der Waals surface area contributed by atoms with E-state index in [2.05, 4.69) is 4.74 Å². The van der Waals surface area contributed by atoms with Gasteiger partial charge in [-0.05, 0) is 24.6 Å². The molecule has 0 aliphatic rings. The molecule has 0 radical (unpaired) electrons. The van der Waals surface area contributed by atoms with E-state index < -0.39 is 16.0 Å². The van der Waals surface area contributed by atoms with Crippen LogP contribution in [0.2, 0.25) is 5.02 Å². The molecule has 20 heavy (non-hydrogen) atoms. The van der Waals surface area contributed by atoms with E-state index in [1.165, 1.54) is 17.5 Å². The van der Waals surface area contributed by atoms with Crippen LogP contribution in [0.4, 0.5) is 0 Å². The molecule has 112 valence electrons. The normalized spacial score (nSPS) is 11.7. The smallest absolute Gasteiger partial charge is 0.306 e. The minimum Gasteiger partial charge on any atom is -0.469 e. The summed E-state index contributed by atoms with van der Waals surface area (Å²) >= 11 is 6.01. The zero-order chi connectivity index (χ0) is 15.3. The van der Waals surface area contributed by atoms with E-state index in [1.807, 2.05) is 6.92 Å². The van der Waals surface area contributed by atoms with Crippen molar-refractivity contribution in [2.75, 3.05) is 20.2 Å². The molecule has 0 atom stereocenters. The number of sulfonamides is 1. The summed E-state index contributed by atoms with van der Waals surface area (Å²) in [6.07, 6.45) is 0.00699. The topological polar surface area (TPSA) is 63.7 Å². The number of halogens is 1. The Kier molecular flexibility index (Phi) is 5.98. The van der Waals surface area contributed by atoms with Crippen LogP contribution in [-0.2, 0) is 19.6 Å². The van der Waals surface area contributed by atoms with Gasteiger partial charge >= 0.3 is 5.97 Å². The lowest BCUT2D eigenvalue weighted by molar-refractivity contribution is -0.140. The van der Waals surface area contributed by atoms with Crippen LogP contribution < -0.4 is 0 Å². The molecule has 0 fully saturated rings. The molecule has 0 spiro atoms. The number of esters is 1. The number of ether oxygens (including phenoxy) is 1. The molecule has 0 saturated carbocycles. The third-order valence-corrected chi connectivity index (χ3v) is 5.31. The van der Waals surface area contributed by atoms with Gasteiger partial charge in [0.15, 0.2) is 0 Å². The first-order valence-electron chi connectivity index (χ1n) is 6.16. The molecule has 5 nitrogen and oxygen atoms in total. The number of carbonyl (C=O) groups is 1. The van der Waals surface area contributed by atoms with Crippen molar-refractivity contribution in [3.8, 4) is 0 Å². The van der Waals surface area contributed by atoms with Crippen molar-refractivity contribution in [2.45, 2.75) is 25.2 Å². The van der Waals surface area contributed by atoms with Crippen LogP contribution in [0, 0.1) is 6.92 Å². The number of carbonyl (C=O) groups excluding carboxylic acids is 1. The Hall–Kier alpha value is -1.11. The fourth-order valence-corrected chi connectivity index (χ4v) is 3.74. The molecular weight excluding hydrogens is 302 g/mol. The molecule has 1 rings (SSSR count). The highest BCUT2D eigenvalue weighted by molar-refractivity contribution is 7.89. The van der Waals surface area contributed by atoms with Gasteiger partial charge in [0.25, 0.3) is 0 Å². The van der Waals surface area contributed by atoms with Gasteiger partial charge in [-0.1, -0.05) is 24.6 Å². The molecule has 0 unspecified atom stereocenters. The maximum absolute atomic E-state index is 12.5. The molecule has 7 heteroatoms. The van der Waals surface area contributed by atoms with Crippen molar-refractivity contribution in [2.24, 2.45) is 0 Å². The number of hydrogen-bond donors (Lipinski definition) is 0. The lowest BCUT2D eigenvalue weighted by atomic mass is 10.2. The third kappa shape index (κ3) is 3.94. The van der Waals surface area contributed by atoms with Gasteiger partial charge in [-0.25, -0.2) is 8.42 Å². The largest absolute Gasteiger partial charge is 0.469 e. The number of hydrogen-bond acceptors (Lipinski definition) is 4. The molecule has 0 amide bonds. The average Bonchev–Trinajstić information content (AvgIpc) is 2.38. The molecule has 0 aliphatic heterocycles. The first-order valence-corrected chi connectivity index (χ1v) is 7.97. The Morgan fingerprint density at radius 2 is 2.05 bits per heavy atom. The van der Waals surface area contributed by atoms with Crippen molar-refractivity contribution in [3.63, 3.8) is 0 Å². The molecule has 0 aliphatic carbocycles. The second-order valence-electron chi connectivity index (χ2n) is 4.26. The second kappa shape index (κ2) is 7.06. The van der Waals surface area contributed by atoms with Crippen molar-refractivity contribution in [3.05, 3.63) is 28.8 Å². The SMILES string of the molecule is CCN(CCC(=O)OC)S(=O)(=O)c1ccc(C)cc1Cl. The van der Waals surface area contributed by atoms with Crippen LogP contribution in [-0.4, -0.2) is 38.9 Å². The number of benzene rings is 1. The summed E-state index contributed by atoms with van der Waals surface area (Å²) < 4.78 is 30.7. The van der Waals surface area contributed by atoms with Crippen molar-refractivity contribution >= 4 is 27.6 Å². The predicted octanol–water partition coefficient (Wildman–Crippen LogP) is 2.22.